The lowest BCUT2D eigenvalue weighted by molar-refractivity contribution is -0.134. The van der Waals surface area contributed by atoms with Gasteiger partial charge in [-0.15, -0.1) is 21.5 Å². The van der Waals surface area contributed by atoms with Gasteiger partial charge in [-0.2, -0.15) is 13.1 Å². The molecule has 14 nitrogen and oxygen atoms in total. The molecule has 0 aliphatic carbocycles. The molecule has 1 fully saturated rings. The number of anilines is 1. The molecule has 2 aromatic carbocycles. The number of carbonyl (C=O) groups is 3. The molecule has 0 radical (unpaired) electrons. The highest BCUT2D eigenvalue weighted by Crippen LogP contribution is 2.40. The number of hydrogen-bond acceptors (Lipinski definition) is 10. The average Bonchev–Trinajstić information content (AvgIpc) is 3.61. The molecule has 0 bridgehead atoms. The molecule has 1 saturated heterocycles. The van der Waals surface area contributed by atoms with Crippen molar-refractivity contribution < 1.29 is 27.5 Å². The number of methoxy groups -OCH3 is 1. The number of ether oxygens (including phenoxy) is 1. The first kappa shape index (κ1) is 37.8. The van der Waals surface area contributed by atoms with Crippen LogP contribution in [0.4, 0.5) is 5.69 Å². The number of likely N-dealkylation sites (tertiary alicyclic amines) is 1. The van der Waals surface area contributed by atoms with Gasteiger partial charge in [-0.25, -0.2) is 9.93 Å². The van der Waals surface area contributed by atoms with E-state index >= 15 is 0 Å². The molecule has 2 amide bonds. The topological polar surface area (TPSA) is 191 Å². The molecule has 4 aromatic rings. The van der Waals surface area contributed by atoms with Crippen molar-refractivity contribution in [3.8, 4) is 16.8 Å². The zero-order valence-electron chi connectivity index (χ0n) is 29.4. The highest BCUT2D eigenvalue weighted by atomic mass is 35.5. The van der Waals surface area contributed by atoms with Gasteiger partial charge in [0.05, 0.1) is 31.4 Å². The second-order valence-electron chi connectivity index (χ2n) is 12.7. The number of amides is 2. The van der Waals surface area contributed by atoms with Crippen molar-refractivity contribution in [1.82, 2.24) is 24.4 Å². The van der Waals surface area contributed by atoms with E-state index in [0.29, 0.717) is 48.3 Å². The molecule has 4 heterocycles. The predicted octanol–water partition coefficient (Wildman–Crippen LogP) is 4.00. The quantitative estimate of drug-likeness (QED) is 0.177. The van der Waals surface area contributed by atoms with Gasteiger partial charge in [0.15, 0.2) is 5.82 Å². The number of nitrogens with two attached hydrogens (primary N) is 1. The molecular weight excluding hydrogens is 740 g/mol. The number of aromatic nitrogens is 3. The number of hydrogen-bond donors (Lipinski definition) is 3. The molecule has 4 N–H and O–H groups in total. The third kappa shape index (κ3) is 8.34. The van der Waals surface area contributed by atoms with Gasteiger partial charge < -0.3 is 15.0 Å². The Morgan fingerprint density at radius 3 is 2.47 bits per heavy atom. The Kier molecular flexibility index (Phi) is 11.1. The van der Waals surface area contributed by atoms with Crippen molar-refractivity contribution in [2.75, 3.05) is 32.1 Å². The van der Waals surface area contributed by atoms with E-state index < -0.39 is 22.2 Å². The predicted molar refractivity (Wildman–Crippen MR) is 202 cm³/mol. The zero-order chi connectivity index (χ0) is 38.0. The van der Waals surface area contributed by atoms with E-state index in [-0.39, 0.29) is 41.8 Å². The number of nitrogens with one attached hydrogen (secondary N) is 2. The van der Waals surface area contributed by atoms with E-state index in [2.05, 4.69) is 41.2 Å². The molecular formula is C36H37ClN8O6S2. The number of aliphatic imine (C=N–C) groups is 1. The maximum atomic E-state index is 13.9. The van der Waals surface area contributed by atoms with Gasteiger partial charge >= 0.3 is 5.97 Å². The second-order valence-corrected chi connectivity index (χ2v) is 15.7. The number of aryl methyl sites for hydroxylation is 2. The summed E-state index contributed by atoms with van der Waals surface area (Å²) in [5.74, 6) is 5.28. The summed E-state index contributed by atoms with van der Waals surface area (Å²) in [6.07, 6.45) is 0.958. The van der Waals surface area contributed by atoms with Crippen molar-refractivity contribution in [3.05, 3.63) is 91.8 Å². The first-order valence-electron chi connectivity index (χ1n) is 16.7. The van der Waals surface area contributed by atoms with Crippen LogP contribution in [0.2, 0.25) is 5.02 Å². The SMILES string of the molecule is COC(=O)c1ccc(NC(=O)C2CCN(C(=O)C[C@@H]3N=C(c4ccc(Cl)cc4)c4c(sc(C)c4C)-n4c(C)nnc43)CC2)cc1C#CCNS(N)(=O)=O. The average molecular weight is 777 g/mol. The minimum atomic E-state index is -3.94. The van der Waals surface area contributed by atoms with Crippen molar-refractivity contribution in [2.24, 2.45) is 16.0 Å². The maximum Gasteiger partial charge on any atom is 0.339 e. The Balaban J connectivity index is 1.16. The number of nitrogens with zero attached hydrogens (tertiary/aromatic N) is 5. The molecule has 6 rings (SSSR count). The molecule has 17 heteroatoms. The Morgan fingerprint density at radius 2 is 1.79 bits per heavy atom. The number of piperidine rings is 1. The van der Waals surface area contributed by atoms with Crippen molar-refractivity contribution in [3.63, 3.8) is 0 Å². The normalized spacial score (nSPS) is 15.7. The molecule has 0 unspecified atom stereocenters. The minimum absolute atomic E-state index is 0.0716. The molecule has 2 aliphatic rings. The lowest BCUT2D eigenvalue weighted by Crippen LogP contribution is -2.41. The number of benzene rings is 2. The summed E-state index contributed by atoms with van der Waals surface area (Å²) in [5, 5.41) is 18.3. The number of esters is 1. The zero-order valence-corrected chi connectivity index (χ0v) is 31.8. The van der Waals surface area contributed by atoms with Gasteiger partial charge in [-0.05, 0) is 69.5 Å². The van der Waals surface area contributed by atoms with E-state index in [1.165, 1.54) is 19.2 Å². The number of carbonyl (C=O) groups excluding carboxylic acids is 3. The van der Waals surface area contributed by atoms with Crippen LogP contribution in [0.5, 0.6) is 0 Å². The Labute approximate surface area is 316 Å². The lowest BCUT2D eigenvalue weighted by Gasteiger charge is -2.32. The van der Waals surface area contributed by atoms with E-state index in [0.717, 1.165) is 32.3 Å². The van der Waals surface area contributed by atoms with Gasteiger partial charge in [-0.1, -0.05) is 35.6 Å². The van der Waals surface area contributed by atoms with Crippen LogP contribution >= 0.6 is 22.9 Å². The third-order valence-electron chi connectivity index (χ3n) is 9.22. The van der Waals surface area contributed by atoms with E-state index in [1.54, 1.807) is 22.3 Å². The number of thiophene rings is 1. The first-order valence-corrected chi connectivity index (χ1v) is 19.4. The molecule has 53 heavy (non-hydrogen) atoms. The van der Waals surface area contributed by atoms with Crippen LogP contribution in [0.15, 0.2) is 47.5 Å². The van der Waals surface area contributed by atoms with E-state index in [4.69, 9.17) is 26.5 Å². The maximum absolute atomic E-state index is 13.9. The van der Waals surface area contributed by atoms with Gasteiger partial charge in [0.2, 0.25) is 11.8 Å². The smallest absolute Gasteiger partial charge is 0.339 e. The monoisotopic (exact) mass is 776 g/mol. The molecule has 276 valence electrons. The molecule has 2 aliphatic heterocycles. The summed E-state index contributed by atoms with van der Waals surface area (Å²) < 4.78 is 31.2. The molecule has 0 spiro atoms. The molecule has 0 saturated carbocycles. The van der Waals surface area contributed by atoms with Crippen molar-refractivity contribution in [1.29, 1.82) is 0 Å². The summed E-state index contributed by atoms with van der Waals surface area (Å²) >= 11 is 7.88. The number of fused-ring (bicyclic) bond motifs is 3. The van der Waals surface area contributed by atoms with Gasteiger partial charge in [0.1, 0.15) is 16.9 Å². The largest absolute Gasteiger partial charge is 0.465 e. The summed E-state index contributed by atoms with van der Waals surface area (Å²) in [6.45, 7) is 6.52. The highest BCUT2D eigenvalue weighted by molar-refractivity contribution is 7.87. The van der Waals surface area contributed by atoms with Crippen LogP contribution in [-0.2, 0) is 24.5 Å². The standard InChI is InChI=1S/C36H37ClN8O6S2/c1-20-21(2)52-35-31(20)32(23-7-9-26(37)10-8-23)41-29(33-43-42-22(3)45(33)35)19-30(46)44-16-13-24(14-17-44)34(47)40-27-11-12-28(36(48)51-4)25(18-27)6-5-15-39-53(38,49)50/h7-12,18,24,29,39H,13-17,19H2,1-4H3,(H,40,47)(H2,38,49,50)/t29-/m0/s1. The fraction of sp³-hybridized carbons (Fsp3) is 0.333. The van der Waals surface area contributed by atoms with E-state index in [9.17, 15) is 22.8 Å². The molecule has 2 aromatic heterocycles. The Bertz CT molecular complexity index is 2300. The van der Waals surface area contributed by atoms with Crippen molar-refractivity contribution in [2.45, 2.75) is 46.1 Å². The van der Waals surface area contributed by atoms with Gasteiger partial charge in [-0.3, -0.25) is 19.1 Å². The summed E-state index contributed by atoms with van der Waals surface area (Å²) in [4.78, 5) is 47.6. The van der Waals surface area contributed by atoms with E-state index in [1.807, 2.05) is 40.5 Å². The number of rotatable bonds is 8. The fourth-order valence-corrected chi connectivity index (χ4v) is 7.97. The summed E-state index contributed by atoms with van der Waals surface area (Å²) in [5.41, 5.74) is 4.52. The van der Waals surface area contributed by atoms with Crippen LogP contribution in [0.3, 0.4) is 0 Å². The van der Waals surface area contributed by atoms with Crippen LogP contribution in [0.1, 0.15) is 74.4 Å². The van der Waals surface area contributed by atoms with Crippen molar-refractivity contribution >= 4 is 62.3 Å². The van der Waals surface area contributed by atoms with Gasteiger partial charge in [0, 0.05) is 51.3 Å². The fourth-order valence-electron chi connectivity index (χ4n) is 6.35. The highest BCUT2D eigenvalue weighted by Gasteiger charge is 2.35. The minimum Gasteiger partial charge on any atom is -0.465 e. The summed E-state index contributed by atoms with van der Waals surface area (Å²) in [6, 6.07) is 11.5. The molecule has 1 atom stereocenters. The Hall–Kier alpha value is -4.92. The van der Waals surface area contributed by atoms with Crippen LogP contribution in [-0.4, -0.2) is 78.3 Å². The number of halogens is 1. The van der Waals surface area contributed by atoms with Crippen LogP contribution in [0.25, 0.3) is 5.00 Å². The lowest BCUT2D eigenvalue weighted by atomic mass is 9.95. The second kappa shape index (κ2) is 15.6. The summed E-state index contributed by atoms with van der Waals surface area (Å²) in [7, 11) is -2.71. The first-order chi connectivity index (χ1) is 25.2. The Morgan fingerprint density at radius 1 is 1.08 bits per heavy atom. The van der Waals surface area contributed by atoms with Crippen LogP contribution in [0, 0.1) is 38.5 Å². The van der Waals surface area contributed by atoms with Gasteiger partial charge in [0.25, 0.3) is 10.2 Å². The third-order valence-corrected chi connectivity index (χ3v) is 11.2. The van der Waals surface area contributed by atoms with Crippen LogP contribution < -0.4 is 15.2 Å².